The summed E-state index contributed by atoms with van der Waals surface area (Å²) in [5.41, 5.74) is 4.09. The van der Waals surface area contributed by atoms with E-state index in [9.17, 15) is 0 Å². The molecule has 20 heavy (non-hydrogen) atoms. The molecular weight excluding hydrogens is 250 g/mol. The van der Waals surface area contributed by atoms with Gasteiger partial charge in [-0.25, -0.2) is 15.8 Å². The zero-order valence-electron chi connectivity index (χ0n) is 12.9. The molecule has 0 spiro atoms. The van der Waals surface area contributed by atoms with E-state index in [1.54, 1.807) is 6.33 Å². The van der Waals surface area contributed by atoms with Crippen molar-refractivity contribution in [1.82, 2.24) is 9.97 Å². The van der Waals surface area contributed by atoms with Crippen molar-refractivity contribution in [3.8, 4) is 0 Å². The van der Waals surface area contributed by atoms with Gasteiger partial charge in [0.1, 0.15) is 18.0 Å². The normalized spacial score (nSPS) is 21.5. The molecule has 1 heterocycles. The molecule has 0 bridgehead atoms. The van der Waals surface area contributed by atoms with E-state index in [0.29, 0.717) is 11.5 Å². The Labute approximate surface area is 121 Å². The summed E-state index contributed by atoms with van der Waals surface area (Å²) in [7, 11) is 0. The molecule has 1 aromatic heterocycles. The Kier molecular flexibility index (Phi) is 4.81. The van der Waals surface area contributed by atoms with Crippen LogP contribution in [0.15, 0.2) is 6.33 Å². The van der Waals surface area contributed by atoms with Gasteiger partial charge in [-0.3, -0.25) is 0 Å². The summed E-state index contributed by atoms with van der Waals surface area (Å²) in [5.74, 6) is 7.24. The minimum absolute atomic E-state index is 0.309. The van der Waals surface area contributed by atoms with E-state index in [0.717, 1.165) is 30.0 Å². The SMILES string of the molecule is CCCc1c(NN)ncnc1NC1CCCCC1(C)C. The molecule has 1 fully saturated rings. The van der Waals surface area contributed by atoms with Crippen LogP contribution in [-0.4, -0.2) is 16.0 Å². The molecule has 4 N–H and O–H groups in total. The smallest absolute Gasteiger partial charge is 0.148 e. The Morgan fingerprint density at radius 2 is 2.05 bits per heavy atom. The van der Waals surface area contributed by atoms with Gasteiger partial charge in [-0.1, -0.05) is 40.0 Å². The average molecular weight is 277 g/mol. The van der Waals surface area contributed by atoms with Crippen LogP contribution in [0.4, 0.5) is 11.6 Å². The van der Waals surface area contributed by atoms with Crippen LogP contribution in [-0.2, 0) is 6.42 Å². The summed E-state index contributed by atoms with van der Waals surface area (Å²) in [6.45, 7) is 6.83. The molecule has 0 aliphatic heterocycles. The van der Waals surface area contributed by atoms with Gasteiger partial charge < -0.3 is 10.7 Å². The van der Waals surface area contributed by atoms with Crippen LogP contribution in [0.1, 0.15) is 58.4 Å². The molecule has 1 aliphatic rings. The number of rotatable bonds is 5. The van der Waals surface area contributed by atoms with Gasteiger partial charge >= 0.3 is 0 Å². The van der Waals surface area contributed by atoms with Gasteiger partial charge in [0.25, 0.3) is 0 Å². The molecule has 0 aromatic carbocycles. The number of nitrogens with one attached hydrogen (secondary N) is 2. The monoisotopic (exact) mass is 277 g/mol. The lowest BCUT2D eigenvalue weighted by atomic mass is 9.73. The molecule has 0 saturated heterocycles. The molecule has 112 valence electrons. The van der Waals surface area contributed by atoms with Crippen molar-refractivity contribution in [2.24, 2.45) is 11.3 Å². The zero-order valence-corrected chi connectivity index (χ0v) is 12.9. The third kappa shape index (κ3) is 3.20. The quantitative estimate of drug-likeness (QED) is 0.569. The molecular formula is C15H27N5. The molecule has 1 atom stereocenters. The summed E-state index contributed by atoms with van der Waals surface area (Å²) >= 11 is 0. The molecule has 5 heteroatoms. The van der Waals surface area contributed by atoms with Crippen molar-refractivity contribution in [3.05, 3.63) is 11.9 Å². The first-order valence-corrected chi connectivity index (χ1v) is 7.65. The van der Waals surface area contributed by atoms with Crippen LogP contribution in [0.5, 0.6) is 0 Å². The second-order valence-corrected chi connectivity index (χ2v) is 6.38. The van der Waals surface area contributed by atoms with Gasteiger partial charge in [0, 0.05) is 11.6 Å². The molecule has 0 radical (unpaired) electrons. The van der Waals surface area contributed by atoms with E-state index in [1.807, 2.05) is 0 Å². The standard InChI is InChI=1S/C15H27N5/c1-4-7-11-13(17-10-18-14(11)20-16)19-12-8-5-6-9-15(12,2)3/h10,12H,4-9,16H2,1-3H3,(H2,17,18,19,20). The van der Waals surface area contributed by atoms with E-state index in [4.69, 9.17) is 5.84 Å². The molecule has 2 rings (SSSR count). The minimum Gasteiger partial charge on any atom is -0.366 e. The third-order valence-electron chi connectivity index (χ3n) is 4.40. The summed E-state index contributed by atoms with van der Waals surface area (Å²) in [6, 6.07) is 0.465. The predicted octanol–water partition coefficient (Wildman–Crippen LogP) is 3.10. The molecule has 1 aromatic rings. The van der Waals surface area contributed by atoms with Gasteiger partial charge in [0.05, 0.1) is 0 Å². The molecule has 5 nitrogen and oxygen atoms in total. The molecule has 1 saturated carbocycles. The van der Waals surface area contributed by atoms with Crippen LogP contribution in [0.3, 0.4) is 0 Å². The lowest BCUT2D eigenvalue weighted by Gasteiger charge is -2.39. The van der Waals surface area contributed by atoms with Crippen LogP contribution in [0.25, 0.3) is 0 Å². The first kappa shape index (κ1) is 15.0. The maximum Gasteiger partial charge on any atom is 0.148 e. The summed E-state index contributed by atoms with van der Waals surface area (Å²) in [6.07, 6.45) is 8.63. The van der Waals surface area contributed by atoms with E-state index in [-0.39, 0.29) is 0 Å². The Hall–Kier alpha value is -1.36. The Morgan fingerprint density at radius 3 is 2.70 bits per heavy atom. The van der Waals surface area contributed by atoms with E-state index in [2.05, 4.69) is 41.5 Å². The van der Waals surface area contributed by atoms with Crippen LogP contribution < -0.4 is 16.6 Å². The van der Waals surface area contributed by atoms with Crippen molar-refractivity contribution < 1.29 is 0 Å². The van der Waals surface area contributed by atoms with Gasteiger partial charge in [0.15, 0.2) is 0 Å². The number of hydrogen-bond donors (Lipinski definition) is 3. The van der Waals surface area contributed by atoms with Gasteiger partial charge in [-0.15, -0.1) is 0 Å². The Bertz CT molecular complexity index is 444. The van der Waals surface area contributed by atoms with E-state index >= 15 is 0 Å². The number of aromatic nitrogens is 2. The number of hydrazine groups is 1. The van der Waals surface area contributed by atoms with Crippen LogP contribution in [0.2, 0.25) is 0 Å². The maximum atomic E-state index is 5.57. The third-order valence-corrected chi connectivity index (χ3v) is 4.40. The lowest BCUT2D eigenvalue weighted by Crippen LogP contribution is -2.39. The number of hydrogen-bond acceptors (Lipinski definition) is 5. The maximum absolute atomic E-state index is 5.57. The largest absolute Gasteiger partial charge is 0.366 e. The van der Waals surface area contributed by atoms with Crippen LogP contribution in [0, 0.1) is 5.41 Å². The Balaban J connectivity index is 2.23. The van der Waals surface area contributed by atoms with Crippen molar-refractivity contribution >= 4 is 11.6 Å². The molecule has 1 unspecified atom stereocenters. The van der Waals surface area contributed by atoms with Crippen LogP contribution >= 0.6 is 0 Å². The first-order valence-electron chi connectivity index (χ1n) is 7.65. The molecule has 1 aliphatic carbocycles. The van der Waals surface area contributed by atoms with Crippen molar-refractivity contribution in [2.45, 2.75) is 65.3 Å². The van der Waals surface area contributed by atoms with Crippen molar-refractivity contribution in [1.29, 1.82) is 0 Å². The number of anilines is 2. The Morgan fingerprint density at radius 1 is 1.30 bits per heavy atom. The molecule has 0 amide bonds. The lowest BCUT2D eigenvalue weighted by molar-refractivity contribution is 0.216. The highest BCUT2D eigenvalue weighted by atomic mass is 15.3. The van der Waals surface area contributed by atoms with E-state index < -0.39 is 0 Å². The van der Waals surface area contributed by atoms with E-state index in [1.165, 1.54) is 25.7 Å². The highest BCUT2D eigenvalue weighted by Gasteiger charge is 2.32. The fourth-order valence-electron chi connectivity index (χ4n) is 3.07. The fraction of sp³-hybridized carbons (Fsp3) is 0.733. The summed E-state index contributed by atoms with van der Waals surface area (Å²) < 4.78 is 0. The highest BCUT2D eigenvalue weighted by molar-refractivity contribution is 5.57. The van der Waals surface area contributed by atoms with Gasteiger partial charge in [0.2, 0.25) is 0 Å². The number of nitrogens with two attached hydrogens (primary N) is 1. The predicted molar refractivity (Wildman–Crippen MR) is 83.5 cm³/mol. The number of nitrogen functional groups attached to an aromatic ring is 1. The second kappa shape index (κ2) is 6.39. The zero-order chi connectivity index (χ0) is 14.6. The van der Waals surface area contributed by atoms with Gasteiger partial charge in [-0.2, -0.15) is 0 Å². The average Bonchev–Trinajstić information content (AvgIpc) is 2.43. The topological polar surface area (TPSA) is 75.9 Å². The fourth-order valence-corrected chi connectivity index (χ4v) is 3.07. The summed E-state index contributed by atoms with van der Waals surface area (Å²) in [4.78, 5) is 8.67. The summed E-state index contributed by atoms with van der Waals surface area (Å²) in [5, 5.41) is 3.65. The highest BCUT2D eigenvalue weighted by Crippen LogP contribution is 2.37. The van der Waals surface area contributed by atoms with Crippen molar-refractivity contribution in [3.63, 3.8) is 0 Å². The second-order valence-electron chi connectivity index (χ2n) is 6.38. The minimum atomic E-state index is 0.309. The van der Waals surface area contributed by atoms with Crippen molar-refractivity contribution in [2.75, 3.05) is 10.7 Å². The van der Waals surface area contributed by atoms with Gasteiger partial charge in [-0.05, 0) is 24.7 Å². The first-order chi connectivity index (χ1) is 9.58. The number of nitrogens with zero attached hydrogens (tertiary/aromatic N) is 2.